The average Bonchev–Trinajstić information content (AvgIpc) is 2.17. The van der Waals surface area contributed by atoms with Crippen LogP contribution in [0.25, 0.3) is 0 Å². The molecule has 0 radical (unpaired) electrons. The van der Waals surface area contributed by atoms with Gasteiger partial charge in [0, 0.05) is 7.05 Å². The number of rotatable bonds is 2. The summed E-state index contributed by atoms with van der Waals surface area (Å²) in [4.78, 5) is 33.5. The number of amides is 3. The van der Waals surface area contributed by atoms with Gasteiger partial charge >= 0.3 is 0 Å². The number of hydrogen-bond donors (Lipinski definition) is 0. The van der Waals surface area contributed by atoms with Crippen molar-refractivity contribution in [2.24, 2.45) is 0 Å². The normalized spacial score (nSPS) is 16.5. The van der Waals surface area contributed by atoms with E-state index in [1.54, 1.807) is 13.0 Å². The number of carbonyl (C=O) groups is 3. The van der Waals surface area contributed by atoms with E-state index in [1.807, 2.05) is 0 Å². The number of nitriles is 1. The topological polar surface area (TPSA) is 81.5 Å². The van der Waals surface area contributed by atoms with Crippen LogP contribution in [0, 0.1) is 11.3 Å². The maximum Gasteiger partial charge on any atom is 0.290 e. The van der Waals surface area contributed by atoms with Gasteiger partial charge in [0.25, 0.3) is 11.8 Å². The van der Waals surface area contributed by atoms with Gasteiger partial charge in [-0.2, -0.15) is 10.3 Å². The zero-order chi connectivity index (χ0) is 11.6. The van der Waals surface area contributed by atoms with Crippen molar-refractivity contribution in [3.63, 3.8) is 0 Å². The first-order valence-electron chi connectivity index (χ1n) is 4.18. The molecule has 6 heteroatoms. The second kappa shape index (κ2) is 3.92. The molecule has 0 aromatic rings. The molecule has 0 saturated heterocycles. The van der Waals surface area contributed by atoms with Crippen LogP contribution in [-0.4, -0.2) is 35.3 Å². The first-order valence-corrected chi connectivity index (χ1v) is 4.18. The van der Waals surface area contributed by atoms with E-state index in [1.165, 1.54) is 7.05 Å². The lowest BCUT2D eigenvalue weighted by atomic mass is 10.0. The van der Waals surface area contributed by atoms with Crippen LogP contribution in [0.5, 0.6) is 0 Å². The molecule has 0 atom stereocenters. The number of carbonyl (C=O) groups excluding carboxylic acids is 3. The standard InChI is InChI=1S/C9H9N3O3/c1-6-3-8(14)12(11(2)5-13)9(15)7(6)4-10/h5H,3H2,1-2H3. The predicted octanol–water partition coefficient (Wildman–Crippen LogP) is -0.411. The Hall–Kier alpha value is -2.16. The second-order valence-electron chi connectivity index (χ2n) is 3.13. The molecule has 0 unspecified atom stereocenters. The van der Waals surface area contributed by atoms with Crippen molar-refractivity contribution in [1.82, 2.24) is 10.0 Å². The quantitative estimate of drug-likeness (QED) is 0.455. The van der Waals surface area contributed by atoms with Gasteiger partial charge < -0.3 is 0 Å². The fraction of sp³-hybridized carbons (Fsp3) is 0.333. The highest BCUT2D eigenvalue weighted by atomic mass is 16.2. The predicted molar refractivity (Wildman–Crippen MR) is 48.6 cm³/mol. The van der Waals surface area contributed by atoms with Crippen LogP contribution in [-0.2, 0) is 14.4 Å². The van der Waals surface area contributed by atoms with Crippen molar-refractivity contribution >= 4 is 18.2 Å². The molecule has 0 bridgehead atoms. The number of nitrogens with zero attached hydrogens (tertiary/aromatic N) is 3. The summed E-state index contributed by atoms with van der Waals surface area (Å²) >= 11 is 0. The highest BCUT2D eigenvalue weighted by Crippen LogP contribution is 2.19. The minimum atomic E-state index is -0.749. The summed E-state index contributed by atoms with van der Waals surface area (Å²) in [7, 11) is 1.28. The van der Waals surface area contributed by atoms with Crippen LogP contribution in [0.1, 0.15) is 13.3 Å². The van der Waals surface area contributed by atoms with Gasteiger partial charge in [0.05, 0.1) is 6.42 Å². The van der Waals surface area contributed by atoms with Gasteiger partial charge in [0.2, 0.25) is 6.41 Å². The van der Waals surface area contributed by atoms with Crippen LogP contribution in [0.4, 0.5) is 0 Å². The third-order valence-electron chi connectivity index (χ3n) is 2.07. The Morgan fingerprint density at radius 2 is 2.13 bits per heavy atom. The third-order valence-corrected chi connectivity index (χ3v) is 2.07. The van der Waals surface area contributed by atoms with E-state index < -0.39 is 11.8 Å². The largest absolute Gasteiger partial charge is 0.290 e. The van der Waals surface area contributed by atoms with Gasteiger partial charge in [-0.3, -0.25) is 14.4 Å². The van der Waals surface area contributed by atoms with Crippen molar-refractivity contribution < 1.29 is 14.4 Å². The van der Waals surface area contributed by atoms with Gasteiger partial charge in [-0.1, -0.05) is 0 Å². The molecule has 0 aromatic carbocycles. The molecule has 6 nitrogen and oxygen atoms in total. The Morgan fingerprint density at radius 1 is 1.53 bits per heavy atom. The average molecular weight is 207 g/mol. The molecular weight excluding hydrogens is 198 g/mol. The van der Waals surface area contributed by atoms with Gasteiger partial charge in [0.1, 0.15) is 11.6 Å². The molecule has 78 valence electrons. The highest BCUT2D eigenvalue weighted by Gasteiger charge is 2.34. The maximum absolute atomic E-state index is 11.6. The lowest BCUT2D eigenvalue weighted by Gasteiger charge is -2.29. The van der Waals surface area contributed by atoms with Crippen molar-refractivity contribution in [1.29, 1.82) is 5.26 Å². The van der Waals surface area contributed by atoms with Gasteiger partial charge in [-0.15, -0.1) is 0 Å². The van der Waals surface area contributed by atoms with E-state index in [4.69, 9.17) is 5.26 Å². The van der Waals surface area contributed by atoms with E-state index >= 15 is 0 Å². The summed E-state index contributed by atoms with van der Waals surface area (Å²) in [5, 5.41) is 10.2. The molecule has 0 aromatic heterocycles. The Labute approximate surface area is 86.3 Å². The first-order chi connectivity index (χ1) is 7.02. The van der Waals surface area contributed by atoms with E-state index in [9.17, 15) is 14.4 Å². The number of imide groups is 1. The van der Waals surface area contributed by atoms with Crippen LogP contribution >= 0.6 is 0 Å². The molecule has 0 aliphatic carbocycles. The molecule has 0 N–H and O–H groups in total. The molecule has 1 rings (SSSR count). The van der Waals surface area contributed by atoms with Crippen molar-refractivity contribution in [3.05, 3.63) is 11.1 Å². The molecule has 0 saturated carbocycles. The summed E-state index contributed by atoms with van der Waals surface area (Å²) in [6, 6.07) is 1.73. The van der Waals surface area contributed by atoms with Gasteiger partial charge in [0.15, 0.2) is 0 Å². The van der Waals surface area contributed by atoms with Gasteiger partial charge in [-0.25, -0.2) is 5.01 Å². The van der Waals surface area contributed by atoms with Crippen molar-refractivity contribution in [2.75, 3.05) is 7.05 Å². The van der Waals surface area contributed by atoms with Crippen LogP contribution < -0.4 is 0 Å². The number of hydrogen-bond acceptors (Lipinski definition) is 4. The lowest BCUT2D eigenvalue weighted by Crippen LogP contribution is -2.50. The van der Waals surface area contributed by atoms with Crippen LogP contribution in [0.2, 0.25) is 0 Å². The molecule has 1 aliphatic heterocycles. The summed E-state index contributed by atoms with van der Waals surface area (Å²) in [6.45, 7) is 1.55. The lowest BCUT2D eigenvalue weighted by molar-refractivity contribution is -0.164. The van der Waals surface area contributed by atoms with Crippen molar-refractivity contribution in [3.8, 4) is 6.07 Å². The van der Waals surface area contributed by atoms with Crippen molar-refractivity contribution in [2.45, 2.75) is 13.3 Å². The first kappa shape index (κ1) is 10.9. The number of hydrazine groups is 1. The fourth-order valence-corrected chi connectivity index (χ4v) is 1.30. The maximum atomic E-state index is 11.6. The molecule has 0 fully saturated rings. The van der Waals surface area contributed by atoms with Crippen LogP contribution in [0.15, 0.2) is 11.1 Å². The molecule has 15 heavy (non-hydrogen) atoms. The summed E-state index contributed by atoms with van der Waals surface area (Å²) in [5.41, 5.74) is 0.353. The monoisotopic (exact) mass is 207 g/mol. The SMILES string of the molecule is CC1=C(C#N)C(=O)N(N(C)C=O)C(=O)C1. The Morgan fingerprint density at radius 3 is 2.60 bits per heavy atom. The molecule has 1 aliphatic rings. The fourth-order valence-electron chi connectivity index (χ4n) is 1.30. The molecule has 0 spiro atoms. The Balaban J connectivity index is 3.16. The van der Waals surface area contributed by atoms with Gasteiger partial charge in [-0.05, 0) is 12.5 Å². The minimum Gasteiger partial charge on any atom is -0.277 e. The molecule has 1 heterocycles. The minimum absolute atomic E-state index is 0.0210. The second-order valence-corrected chi connectivity index (χ2v) is 3.13. The zero-order valence-corrected chi connectivity index (χ0v) is 8.35. The highest BCUT2D eigenvalue weighted by molar-refractivity contribution is 6.10. The zero-order valence-electron chi connectivity index (χ0n) is 8.35. The smallest absolute Gasteiger partial charge is 0.277 e. The van der Waals surface area contributed by atoms with E-state index in [0.29, 0.717) is 17.0 Å². The summed E-state index contributed by atoms with van der Waals surface area (Å²) in [5.74, 6) is -1.26. The van der Waals surface area contributed by atoms with E-state index in [2.05, 4.69) is 0 Å². The molecular formula is C9H9N3O3. The Bertz CT molecular complexity index is 405. The summed E-state index contributed by atoms with van der Waals surface area (Å²) < 4.78 is 0. The van der Waals surface area contributed by atoms with E-state index in [0.717, 1.165) is 5.01 Å². The Kier molecular flexibility index (Phi) is 2.85. The third kappa shape index (κ3) is 1.72. The molecule has 3 amide bonds. The van der Waals surface area contributed by atoms with Crippen LogP contribution in [0.3, 0.4) is 0 Å². The summed E-state index contributed by atoms with van der Waals surface area (Å²) in [6.07, 6.45) is 0.318. The van der Waals surface area contributed by atoms with E-state index in [-0.39, 0.29) is 12.0 Å².